The number of thioether (sulfide) groups is 1. The van der Waals surface area contributed by atoms with E-state index in [1.54, 1.807) is 6.07 Å². The highest BCUT2D eigenvalue weighted by Crippen LogP contribution is 2.43. The molecule has 0 spiro atoms. The topological polar surface area (TPSA) is 85.3 Å². The van der Waals surface area contributed by atoms with Gasteiger partial charge in [-0.25, -0.2) is 8.42 Å². The Morgan fingerprint density at radius 3 is 2.70 bits per heavy atom. The third kappa shape index (κ3) is 3.67. The number of aliphatic imine (C=N–C) groups is 1. The van der Waals surface area contributed by atoms with Crippen molar-refractivity contribution in [3.63, 3.8) is 0 Å². The molecule has 2 aromatic rings. The summed E-state index contributed by atoms with van der Waals surface area (Å²) < 4.78 is 35.3. The molecular weight excluding hydrogens is 424 g/mol. The van der Waals surface area contributed by atoms with Gasteiger partial charge in [0, 0.05) is 17.0 Å². The van der Waals surface area contributed by atoms with Gasteiger partial charge in [-0.05, 0) is 24.6 Å². The Kier molecular flexibility index (Phi) is 4.74. The molecule has 3 aliphatic rings. The maximum atomic E-state index is 12.7. The number of amides is 1. The summed E-state index contributed by atoms with van der Waals surface area (Å²) in [6.07, 6.45) is 0.201. The number of fused-ring (bicyclic) bond motifs is 2. The lowest BCUT2D eigenvalue weighted by Crippen LogP contribution is -2.37. The number of hydrogen-bond acceptors (Lipinski definition) is 6. The molecule has 0 radical (unpaired) electrons. The van der Waals surface area contributed by atoms with E-state index in [-0.39, 0.29) is 41.9 Å². The van der Waals surface area contributed by atoms with Crippen LogP contribution in [0.15, 0.2) is 47.5 Å². The van der Waals surface area contributed by atoms with E-state index >= 15 is 0 Å². The van der Waals surface area contributed by atoms with Crippen LogP contribution in [0.4, 0.5) is 5.69 Å². The predicted molar refractivity (Wildman–Crippen MR) is 116 cm³/mol. The second-order valence-corrected chi connectivity index (χ2v) is 11.0. The lowest BCUT2D eigenvalue weighted by Gasteiger charge is -2.24. The number of hydrogen-bond donors (Lipinski definition) is 0. The number of ether oxygens (including phenoxy) is 2. The zero-order valence-electron chi connectivity index (χ0n) is 16.3. The van der Waals surface area contributed by atoms with Crippen LogP contribution in [-0.2, 0) is 21.1 Å². The van der Waals surface area contributed by atoms with Crippen molar-refractivity contribution in [1.82, 2.24) is 0 Å². The number of sulfone groups is 1. The number of carbonyl (C=O) groups excluding carboxylic acids is 1. The van der Waals surface area contributed by atoms with Crippen LogP contribution in [0.3, 0.4) is 0 Å². The Labute approximate surface area is 179 Å². The molecule has 2 saturated heterocycles. The van der Waals surface area contributed by atoms with Gasteiger partial charge in [-0.2, -0.15) is 4.99 Å². The molecule has 7 nitrogen and oxygen atoms in total. The molecule has 0 saturated carbocycles. The second-order valence-electron chi connectivity index (χ2n) is 7.66. The van der Waals surface area contributed by atoms with Gasteiger partial charge in [-0.15, -0.1) is 0 Å². The molecule has 0 aliphatic carbocycles. The number of aryl methyl sites for hydroxylation is 1. The number of amidine groups is 1. The first-order valence-corrected chi connectivity index (χ1v) is 12.3. The van der Waals surface area contributed by atoms with Crippen molar-refractivity contribution < 1.29 is 22.7 Å². The van der Waals surface area contributed by atoms with Crippen LogP contribution in [0, 0.1) is 6.92 Å². The van der Waals surface area contributed by atoms with E-state index in [4.69, 9.17) is 9.47 Å². The highest BCUT2D eigenvalue weighted by atomic mass is 32.2. The van der Waals surface area contributed by atoms with Crippen molar-refractivity contribution >= 4 is 38.4 Å². The quantitative estimate of drug-likeness (QED) is 0.719. The molecule has 0 bridgehead atoms. The lowest BCUT2D eigenvalue weighted by molar-refractivity contribution is -0.117. The van der Waals surface area contributed by atoms with E-state index in [1.165, 1.54) is 11.8 Å². The van der Waals surface area contributed by atoms with Gasteiger partial charge in [0.25, 0.3) is 5.91 Å². The van der Waals surface area contributed by atoms with E-state index in [0.29, 0.717) is 16.7 Å². The minimum Gasteiger partial charge on any atom is -0.454 e. The van der Waals surface area contributed by atoms with Crippen molar-refractivity contribution in [1.29, 1.82) is 0 Å². The van der Waals surface area contributed by atoms with Crippen LogP contribution in [-0.4, -0.2) is 49.1 Å². The first-order chi connectivity index (χ1) is 14.4. The van der Waals surface area contributed by atoms with Crippen LogP contribution in [0.2, 0.25) is 0 Å². The fraction of sp³-hybridized carbons (Fsp3) is 0.333. The molecule has 2 atom stereocenters. The lowest BCUT2D eigenvalue weighted by atomic mass is 10.1. The van der Waals surface area contributed by atoms with E-state index in [9.17, 15) is 13.2 Å². The summed E-state index contributed by atoms with van der Waals surface area (Å²) in [7, 11) is -3.12. The van der Waals surface area contributed by atoms with Crippen molar-refractivity contribution in [2.75, 3.05) is 23.2 Å². The normalized spacial score (nSPS) is 25.0. The first kappa shape index (κ1) is 19.4. The molecule has 3 heterocycles. The molecule has 1 amide bonds. The fourth-order valence-electron chi connectivity index (χ4n) is 3.93. The number of nitrogens with zero attached hydrogens (tertiary/aromatic N) is 2. The summed E-state index contributed by atoms with van der Waals surface area (Å²) in [5, 5.41) is 0.391. The fourth-order valence-corrected chi connectivity index (χ4v) is 7.86. The Balaban J connectivity index is 1.46. The molecule has 2 unspecified atom stereocenters. The third-order valence-electron chi connectivity index (χ3n) is 5.40. The minimum absolute atomic E-state index is 0.0459. The van der Waals surface area contributed by atoms with Crippen LogP contribution in [0.5, 0.6) is 11.5 Å². The van der Waals surface area contributed by atoms with Gasteiger partial charge >= 0.3 is 0 Å². The molecule has 156 valence electrons. The summed E-state index contributed by atoms with van der Waals surface area (Å²) in [5.41, 5.74) is 2.78. The van der Waals surface area contributed by atoms with Crippen LogP contribution < -0.4 is 14.4 Å². The predicted octanol–water partition coefficient (Wildman–Crippen LogP) is 2.57. The van der Waals surface area contributed by atoms with Crippen molar-refractivity contribution in [3.05, 3.63) is 53.6 Å². The maximum Gasteiger partial charge on any atom is 0.252 e. The Morgan fingerprint density at radius 2 is 1.90 bits per heavy atom. The molecule has 3 aliphatic heterocycles. The van der Waals surface area contributed by atoms with Gasteiger partial charge in [-0.3, -0.25) is 4.79 Å². The third-order valence-corrected chi connectivity index (χ3v) is 8.61. The van der Waals surface area contributed by atoms with E-state index in [1.807, 2.05) is 48.2 Å². The number of carbonyl (C=O) groups is 1. The SMILES string of the molecule is Cc1ccc(CC(=O)N=C2SC3CS(=O)(=O)CC3N2c2ccc3c(c2)OCO3)cc1. The first-order valence-electron chi connectivity index (χ1n) is 9.61. The standard InChI is InChI=1S/C21H20N2O5S2/c1-13-2-4-14(5-3-13)8-20(24)22-21-23(16-10-30(25,26)11-19(16)29-21)15-6-7-17-18(9-15)28-12-27-17/h2-7,9,16,19H,8,10-12H2,1H3. The summed E-state index contributed by atoms with van der Waals surface area (Å²) in [4.78, 5) is 18.9. The molecule has 0 aromatic heterocycles. The van der Waals surface area contributed by atoms with E-state index in [0.717, 1.165) is 16.8 Å². The van der Waals surface area contributed by atoms with Crippen molar-refractivity contribution in [3.8, 4) is 11.5 Å². The highest BCUT2D eigenvalue weighted by Gasteiger charge is 2.49. The summed E-state index contributed by atoms with van der Waals surface area (Å²) in [5.74, 6) is 1.14. The van der Waals surface area contributed by atoms with Crippen LogP contribution >= 0.6 is 11.8 Å². The van der Waals surface area contributed by atoms with Gasteiger partial charge in [0.15, 0.2) is 26.5 Å². The zero-order valence-corrected chi connectivity index (χ0v) is 17.9. The average Bonchev–Trinajstić information content (AvgIpc) is 3.34. The zero-order chi connectivity index (χ0) is 20.9. The number of anilines is 1. The Bertz CT molecular complexity index is 1140. The Morgan fingerprint density at radius 1 is 1.13 bits per heavy atom. The van der Waals surface area contributed by atoms with Crippen LogP contribution in [0.1, 0.15) is 11.1 Å². The van der Waals surface area contributed by atoms with Gasteiger partial charge in [0.1, 0.15) is 0 Å². The average molecular weight is 445 g/mol. The van der Waals surface area contributed by atoms with Gasteiger partial charge in [0.05, 0.1) is 24.0 Å². The minimum atomic E-state index is -3.12. The monoisotopic (exact) mass is 444 g/mol. The second kappa shape index (κ2) is 7.31. The van der Waals surface area contributed by atoms with Crippen molar-refractivity contribution in [2.45, 2.75) is 24.6 Å². The molecule has 2 fully saturated rings. The maximum absolute atomic E-state index is 12.7. The highest BCUT2D eigenvalue weighted by molar-refractivity contribution is 8.16. The van der Waals surface area contributed by atoms with Crippen LogP contribution in [0.25, 0.3) is 0 Å². The van der Waals surface area contributed by atoms with Crippen molar-refractivity contribution in [2.24, 2.45) is 4.99 Å². The van der Waals surface area contributed by atoms with E-state index in [2.05, 4.69) is 4.99 Å². The van der Waals surface area contributed by atoms with Gasteiger partial charge in [0.2, 0.25) is 6.79 Å². The summed E-state index contributed by atoms with van der Waals surface area (Å²) in [6.45, 7) is 2.15. The molecule has 0 N–H and O–H groups in total. The van der Waals surface area contributed by atoms with Gasteiger partial charge in [-0.1, -0.05) is 41.6 Å². The molecule has 9 heteroatoms. The molecule has 5 rings (SSSR count). The summed E-state index contributed by atoms with van der Waals surface area (Å²) >= 11 is 1.36. The molecule has 30 heavy (non-hydrogen) atoms. The summed E-state index contributed by atoms with van der Waals surface area (Å²) in [6, 6.07) is 13.0. The Hall–Kier alpha value is -2.52. The van der Waals surface area contributed by atoms with Gasteiger partial charge < -0.3 is 14.4 Å². The number of rotatable bonds is 3. The molecular formula is C21H20N2O5S2. The molecule has 2 aromatic carbocycles. The van der Waals surface area contributed by atoms with E-state index < -0.39 is 9.84 Å². The smallest absolute Gasteiger partial charge is 0.252 e. The number of benzene rings is 2. The largest absolute Gasteiger partial charge is 0.454 e.